The number of nitrogens with one attached hydrogen (secondary N) is 1. The number of piperidine rings is 1. The van der Waals surface area contributed by atoms with Crippen molar-refractivity contribution in [2.24, 2.45) is 0 Å². The van der Waals surface area contributed by atoms with Gasteiger partial charge in [-0.25, -0.2) is 0 Å². The van der Waals surface area contributed by atoms with E-state index in [0.717, 1.165) is 22.4 Å². The Kier molecular flexibility index (Phi) is 3.38. The van der Waals surface area contributed by atoms with Crippen molar-refractivity contribution in [3.05, 3.63) is 29.3 Å². The van der Waals surface area contributed by atoms with Crippen molar-refractivity contribution in [1.82, 2.24) is 4.90 Å². The Labute approximate surface area is 125 Å². The summed E-state index contributed by atoms with van der Waals surface area (Å²) in [6.07, 6.45) is -4.08. The van der Waals surface area contributed by atoms with Crippen LogP contribution in [0.5, 0.6) is 0 Å². The van der Waals surface area contributed by atoms with E-state index in [0.29, 0.717) is 5.69 Å². The third kappa shape index (κ3) is 2.55. The van der Waals surface area contributed by atoms with Crippen LogP contribution in [-0.2, 0) is 9.59 Å². The fraction of sp³-hybridized carbons (Fsp3) is 0.467. The molecule has 1 aromatic carbocycles. The van der Waals surface area contributed by atoms with Crippen LogP contribution < -0.4 is 5.32 Å². The fourth-order valence-corrected chi connectivity index (χ4v) is 3.48. The van der Waals surface area contributed by atoms with Gasteiger partial charge in [-0.15, -0.1) is 0 Å². The van der Waals surface area contributed by atoms with Gasteiger partial charge in [0.1, 0.15) is 0 Å². The van der Waals surface area contributed by atoms with Gasteiger partial charge in [-0.1, -0.05) is 6.07 Å². The zero-order valence-electron chi connectivity index (χ0n) is 11.9. The summed E-state index contributed by atoms with van der Waals surface area (Å²) >= 11 is 0. The first kappa shape index (κ1) is 14.9. The van der Waals surface area contributed by atoms with E-state index in [2.05, 4.69) is 5.32 Å². The summed E-state index contributed by atoms with van der Waals surface area (Å²) in [5, 5.41) is 2.67. The molecule has 1 aliphatic carbocycles. The van der Waals surface area contributed by atoms with Crippen LogP contribution in [0.15, 0.2) is 18.2 Å². The number of halogens is 3. The molecule has 118 valence electrons. The van der Waals surface area contributed by atoms with Crippen molar-refractivity contribution in [2.45, 2.75) is 31.4 Å². The van der Waals surface area contributed by atoms with Gasteiger partial charge in [0, 0.05) is 37.5 Å². The summed E-state index contributed by atoms with van der Waals surface area (Å²) in [4.78, 5) is 23.4. The zero-order valence-corrected chi connectivity index (χ0v) is 11.9. The van der Waals surface area contributed by atoms with Crippen LogP contribution in [0.1, 0.15) is 36.3 Å². The summed E-state index contributed by atoms with van der Waals surface area (Å²) in [7, 11) is 0. The van der Waals surface area contributed by atoms with Gasteiger partial charge >= 0.3 is 12.1 Å². The molecule has 0 saturated carbocycles. The van der Waals surface area contributed by atoms with Gasteiger partial charge < -0.3 is 10.2 Å². The Balaban J connectivity index is 1.85. The van der Waals surface area contributed by atoms with Crippen molar-refractivity contribution in [3.8, 4) is 0 Å². The summed E-state index contributed by atoms with van der Waals surface area (Å²) in [6, 6.07) is 5.40. The van der Waals surface area contributed by atoms with E-state index >= 15 is 0 Å². The van der Waals surface area contributed by atoms with Gasteiger partial charge in [-0.05, 0) is 29.7 Å². The number of carbonyl (C=O) groups excluding carboxylic acids is 2. The third-order valence-electron chi connectivity index (χ3n) is 4.27. The van der Waals surface area contributed by atoms with Crippen molar-refractivity contribution >= 4 is 17.5 Å². The number of benzene rings is 1. The summed E-state index contributed by atoms with van der Waals surface area (Å²) in [6.45, 7) is 1.57. The molecule has 7 heteroatoms. The lowest BCUT2D eigenvalue weighted by molar-refractivity contribution is -0.186. The van der Waals surface area contributed by atoms with E-state index in [9.17, 15) is 22.8 Å². The highest BCUT2D eigenvalue weighted by atomic mass is 19.4. The first-order valence-corrected chi connectivity index (χ1v) is 7.03. The summed E-state index contributed by atoms with van der Waals surface area (Å²) in [5.74, 6) is -2.13. The van der Waals surface area contributed by atoms with E-state index in [4.69, 9.17) is 0 Å². The topological polar surface area (TPSA) is 49.4 Å². The molecule has 0 aromatic heterocycles. The first-order valence-electron chi connectivity index (χ1n) is 7.03. The molecule has 2 amide bonds. The zero-order chi connectivity index (χ0) is 16.1. The normalized spacial score (nSPS) is 23.2. The highest BCUT2D eigenvalue weighted by Gasteiger charge is 2.47. The minimum Gasteiger partial charge on any atom is -0.334 e. The van der Waals surface area contributed by atoms with Crippen molar-refractivity contribution in [1.29, 1.82) is 0 Å². The Morgan fingerprint density at radius 3 is 2.41 bits per heavy atom. The molecule has 0 radical (unpaired) electrons. The fourth-order valence-electron chi connectivity index (χ4n) is 3.48. The van der Waals surface area contributed by atoms with E-state index < -0.39 is 12.1 Å². The number of hydrogen-bond acceptors (Lipinski definition) is 2. The maximum Gasteiger partial charge on any atom is 0.471 e. The van der Waals surface area contributed by atoms with Gasteiger partial charge in [0.25, 0.3) is 0 Å². The Morgan fingerprint density at radius 2 is 1.82 bits per heavy atom. The van der Waals surface area contributed by atoms with E-state index in [1.54, 1.807) is 6.07 Å². The molecule has 1 aromatic rings. The van der Waals surface area contributed by atoms with E-state index in [-0.39, 0.29) is 30.8 Å². The number of likely N-dealkylation sites (tertiary alicyclic amines) is 1. The molecule has 22 heavy (non-hydrogen) atoms. The molecule has 1 fully saturated rings. The van der Waals surface area contributed by atoms with Crippen LogP contribution in [0.4, 0.5) is 18.9 Å². The van der Waals surface area contributed by atoms with Crippen LogP contribution in [0, 0.1) is 0 Å². The van der Waals surface area contributed by atoms with Crippen LogP contribution in [0.3, 0.4) is 0 Å². The molecule has 1 saturated heterocycles. The molecule has 2 aliphatic rings. The molecule has 1 N–H and O–H groups in total. The van der Waals surface area contributed by atoms with Gasteiger partial charge in [-0.2, -0.15) is 13.2 Å². The number of rotatable bonds is 1. The highest BCUT2D eigenvalue weighted by Crippen LogP contribution is 2.47. The van der Waals surface area contributed by atoms with Gasteiger partial charge in [-0.3, -0.25) is 9.59 Å². The molecular formula is C15H15F3N2O2. The Morgan fingerprint density at radius 1 is 1.18 bits per heavy atom. The predicted molar refractivity (Wildman–Crippen MR) is 73.5 cm³/mol. The molecule has 1 aliphatic heterocycles. The number of alkyl halides is 3. The van der Waals surface area contributed by atoms with Crippen LogP contribution in [0.25, 0.3) is 0 Å². The molecular weight excluding hydrogens is 297 g/mol. The van der Waals surface area contributed by atoms with Crippen LogP contribution >= 0.6 is 0 Å². The predicted octanol–water partition coefficient (Wildman–Crippen LogP) is 2.62. The lowest BCUT2D eigenvalue weighted by atomic mass is 9.95. The molecule has 1 heterocycles. The lowest BCUT2D eigenvalue weighted by Gasteiger charge is -2.32. The number of hydrogen-bond donors (Lipinski definition) is 1. The highest BCUT2D eigenvalue weighted by molar-refractivity contribution is 5.89. The number of carbonyl (C=O) groups is 2. The smallest absolute Gasteiger partial charge is 0.334 e. The minimum absolute atomic E-state index is 0.0635. The molecule has 2 bridgehead atoms. The van der Waals surface area contributed by atoms with Crippen LogP contribution in [-0.4, -0.2) is 36.0 Å². The number of amides is 2. The second-order valence-corrected chi connectivity index (χ2v) is 5.86. The summed E-state index contributed by atoms with van der Waals surface area (Å²) < 4.78 is 37.8. The van der Waals surface area contributed by atoms with Gasteiger partial charge in [0.15, 0.2) is 0 Å². The SMILES string of the molecule is CC(=O)Nc1ccc2c(c1)C1CC2CN(C(=O)C(F)(F)F)C1. The van der Waals surface area contributed by atoms with Crippen molar-refractivity contribution in [2.75, 3.05) is 18.4 Å². The maximum atomic E-state index is 12.6. The number of fused-ring (bicyclic) bond motifs is 5. The average Bonchev–Trinajstić information content (AvgIpc) is 2.67. The van der Waals surface area contributed by atoms with Gasteiger partial charge in [0.05, 0.1) is 0 Å². The van der Waals surface area contributed by atoms with E-state index in [1.165, 1.54) is 6.92 Å². The van der Waals surface area contributed by atoms with Crippen molar-refractivity contribution < 1.29 is 22.8 Å². The molecule has 2 atom stereocenters. The van der Waals surface area contributed by atoms with E-state index in [1.807, 2.05) is 12.1 Å². The Hall–Kier alpha value is -2.05. The third-order valence-corrected chi connectivity index (χ3v) is 4.27. The first-order chi connectivity index (χ1) is 10.3. The average molecular weight is 312 g/mol. The number of anilines is 1. The van der Waals surface area contributed by atoms with Gasteiger partial charge in [0.2, 0.25) is 5.91 Å². The van der Waals surface area contributed by atoms with Crippen molar-refractivity contribution in [3.63, 3.8) is 0 Å². The number of nitrogens with zero attached hydrogens (tertiary/aromatic N) is 1. The second kappa shape index (κ2) is 5.00. The molecule has 0 spiro atoms. The largest absolute Gasteiger partial charge is 0.471 e. The molecule has 4 nitrogen and oxygen atoms in total. The monoisotopic (exact) mass is 312 g/mol. The Bertz CT molecular complexity index is 642. The standard InChI is InChI=1S/C15H15F3N2O2/c1-8(21)19-11-2-3-12-9-4-10(13(12)5-11)7-20(6-9)14(22)15(16,17)18/h2-3,5,9-10H,4,6-7H2,1H3,(H,19,21). The second-order valence-electron chi connectivity index (χ2n) is 5.86. The minimum atomic E-state index is -4.83. The lowest BCUT2D eigenvalue weighted by Crippen LogP contribution is -2.46. The molecule has 3 rings (SSSR count). The summed E-state index contributed by atoms with van der Waals surface area (Å²) in [5.41, 5.74) is 2.55. The quantitative estimate of drug-likeness (QED) is 0.866. The maximum absolute atomic E-state index is 12.6. The van der Waals surface area contributed by atoms with Crippen LogP contribution in [0.2, 0.25) is 0 Å². The molecule has 2 unspecified atom stereocenters.